The summed E-state index contributed by atoms with van der Waals surface area (Å²) in [5.41, 5.74) is -0.280. The topological polar surface area (TPSA) is 79.6 Å². The van der Waals surface area contributed by atoms with Gasteiger partial charge in [0.05, 0.1) is 6.54 Å². The van der Waals surface area contributed by atoms with Crippen molar-refractivity contribution in [2.45, 2.75) is 26.3 Å². The van der Waals surface area contributed by atoms with E-state index in [4.69, 9.17) is 16.0 Å². The van der Waals surface area contributed by atoms with Gasteiger partial charge in [0.15, 0.2) is 5.78 Å². The van der Waals surface area contributed by atoms with Crippen LogP contribution in [0.25, 0.3) is 0 Å². The molecule has 1 saturated heterocycles. The molecule has 3 amide bonds. The fraction of sp³-hybridized carbons (Fsp3) is 0.278. The molecular formula is C18H17ClN2O4. The lowest BCUT2D eigenvalue weighted by atomic mass is 9.92. The van der Waals surface area contributed by atoms with Crippen molar-refractivity contribution in [3.63, 3.8) is 0 Å². The lowest BCUT2D eigenvalue weighted by Gasteiger charge is -2.21. The first kappa shape index (κ1) is 17.2. The average Bonchev–Trinajstić information content (AvgIpc) is 3.00. The second-order valence-electron chi connectivity index (χ2n) is 6.20. The van der Waals surface area contributed by atoms with Gasteiger partial charge in [-0.05, 0) is 51.1 Å². The molecule has 1 aromatic carbocycles. The number of Topliss-reactive ketones (excluding diaryl/α,β-unsaturated/α-hetero) is 1. The van der Waals surface area contributed by atoms with Gasteiger partial charge in [-0.3, -0.25) is 14.5 Å². The Balaban J connectivity index is 1.85. The Labute approximate surface area is 149 Å². The van der Waals surface area contributed by atoms with Crippen molar-refractivity contribution < 1.29 is 18.8 Å². The van der Waals surface area contributed by atoms with Gasteiger partial charge in [0, 0.05) is 16.1 Å². The molecule has 2 aromatic rings. The molecule has 0 radical (unpaired) electrons. The largest absolute Gasteiger partial charge is 0.466 e. The lowest BCUT2D eigenvalue weighted by molar-refractivity contribution is -0.130. The number of nitrogens with one attached hydrogen (secondary N) is 1. The van der Waals surface area contributed by atoms with Crippen LogP contribution >= 0.6 is 11.6 Å². The summed E-state index contributed by atoms with van der Waals surface area (Å²) in [5.74, 6) is 0.374. The number of amides is 3. The number of halogens is 1. The van der Waals surface area contributed by atoms with Crippen molar-refractivity contribution in [1.82, 2.24) is 10.2 Å². The van der Waals surface area contributed by atoms with Crippen LogP contribution in [0, 0.1) is 13.8 Å². The average molecular weight is 361 g/mol. The maximum absolute atomic E-state index is 12.8. The number of hydrogen-bond acceptors (Lipinski definition) is 4. The maximum atomic E-state index is 12.8. The minimum absolute atomic E-state index is 0.336. The molecule has 2 heterocycles. The van der Waals surface area contributed by atoms with Crippen LogP contribution < -0.4 is 5.32 Å². The molecule has 0 aliphatic carbocycles. The molecule has 1 aliphatic heterocycles. The van der Waals surface area contributed by atoms with E-state index in [1.165, 1.54) is 0 Å². The summed E-state index contributed by atoms with van der Waals surface area (Å²) in [6.45, 7) is 4.77. The number of imide groups is 1. The summed E-state index contributed by atoms with van der Waals surface area (Å²) < 4.78 is 5.47. The zero-order chi connectivity index (χ0) is 18.4. The predicted molar refractivity (Wildman–Crippen MR) is 91.6 cm³/mol. The van der Waals surface area contributed by atoms with Crippen molar-refractivity contribution in [2.75, 3.05) is 6.54 Å². The number of hydrogen-bond donors (Lipinski definition) is 1. The zero-order valence-electron chi connectivity index (χ0n) is 14.1. The van der Waals surface area contributed by atoms with E-state index in [0.717, 1.165) is 4.90 Å². The highest BCUT2D eigenvalue weighted by Gasteiger charge is 2.51. The van der Waals surface area contributed by atoms with Crippen LogP contribution in [0.1, 0.15) is 34.4 Å². The molecule has 130 valence electrons. The number of carbonyl (C=O) groups is 3. The zero-order valence-corrected chi connectivity index (χ0v) is 14.8. The minimum atomic E-state index is -1.25. The van der Waals surface area contributed by atoms with Crippen LogP contribution in [0.15, 0.2) is 34.7 Å². The fourth-order valence-electron chi connectivity index (χ4n) is 3.02. The van der Waals surface area contributed by atoms with Crippen LogP contribution in [0.3, 0.4) is 0 Å². The number of furan rings is 1. The van der Waals surface area contributed by atoms with E-state index in [9.17, 15) is 14.4 Å². The fourth-order valence-corrected chi connectivity index (χ4v) is 3.15. The van der Waals surface area contributed by atoms with Crippen LogP contribution in [0.4, 0.5) is 4.79 Å². The summed E-state index contributed by atoms with van der Waals surface area (Å²) in [4.78, 5) is 38.5. The molecule has 7 heteroatoms. The van der Waals surface area contributed by atoms with Crippen molar-refractivity contribution in [3.8, 4) is 0 Å². The molecule has 1 aromatic heterocycles. The number of ketones is 1. The van der Waals surface area contributed by atoms with Crippen LogP contribution in [-0.2, 0) is 10.3 Å². The van der Waals surface area contributed by atoms with E-state index < -0.39 is 17.5 Å². The Hall–Kier alpha value is -2.60. The Morgan fingerprint density at radius 2 is 1.88 bits per heavy atom. The van der Waals surface area contributed by atoms with Gasteiger partial charge in [-0.15, -0.1) is 0 Å². The Kier molecular flexibility index (Phi) is 4.16. The third-order valence-electron chi connectivity index (χ3n) is 4.32. The number of nitrogens with zero attached hydrogens (tertiary/aromatic N) is 1. The van der Waals surface area contributed by atoms with Crippen LogP contribution in [-0.4, -0.2) is 29.2 Å². The summed E-state index contributed by atoms with van der Waals surface area (Å²) in [6.07, 6.45) is 0. The number of aryl methyl sites for hydroxylation is 2. The predicted octanol–water partition coefficient (Wildman–Crippen LogP) is 3.20. The minimum Gasteiger partial charge on any atom is -0.466 e. The first-order chi connectivity index (χ1) is 11.7. The smallest absolute Gasteiger partial charge is 0.325 e. The second kappa shape index (κ2) is 6.04. The van der Waals surface area contributed by atoms with Gasteiger partial charge in [-0.1, -0.05) is 11.6 Å². The lowest BCUT2D eigenvalue weighted by Crippen LogP contribution is -2.41. The van der Waals surface area contributed by atoms with Gasteiger partial charge in [-0.25, -0.2) is 4.79 Å². The summed E-state index contributed by atoms with van der Waals surface area (Å²) in [5, 5.41) is 3.18. The number of urea groups is 1. The molecule has 6 nitrogen and oxygen atoms in total. The number of rotatable bonds is 4. The highest BCUT2D eigenvalue weighted by molar-refractivity contribution is 6.30. The monoisotopic (exact) mass is 360 g/mol. The van der Waals surface area contributed by atoms with Gasteiger partial charge < -0.3 is 9.73 Å². The third-order valence-corrected chi connectivity index (χ3v) is 4.57. The molecule has 0 spiro atoms. The van der Waals surface area contributed by atoms with Gasteiger partial charge in [0.25, 0.3) is 5.91 Å². The number of benzene rings is 1. The molecule has 3 rings (SSSR count). The molecule has 25 heavy (non-hydrogen) atoms. The molecule has 1 atom stereocenters. The standard InChI is InChI=1S/C18H17ClN2O4/c1-10-8-14(11(2)25-10)18(3)16(23)21(17(24)20-18)9-15(22)12-4-6-13(19)7-5-12/h4-8H,9H2,1-3H3,(H,20,24). The van der Waals surface area contributed by atoms with E-state index >= 15 is 0 Å². The van der Waals surface area contributed by atoms with E-state index in [1.54, 1.807) is 51.1 Å². The molecule has 0 saturated carbocycles. The Morgan fingerprint density at radius 3 is 2.44 bits per heavy atom. The van der Waals surface area contributed by atoms with Crippen molar-refractivity contribution in [2.24, 2.45) is 0 Å². The molecule has 1 aliphatic rings. The van der Waals surface area contributed by atoms with Crippen LogP contribution in [0.2, 0.25) is 5.02 Å². The van der Waals surface area contributed by atoms with Crippen molar-refractivity contribution in [1.29, 1.82) is 0 Å². The van der Waals surface area contributed by atoms with Gasteiger partial charge in [0.2, 0.25) is 0 Å². The van der Waals surface area contributed by atoms with Crippen molar-refractivity contribution in [3.05, 3.63) is 58.0 Å². The van der Waals surface area contributed by atoms with E-state index in [-0.39, 0.29) is 12.3 Å². The quantitative estimate of drug-likeness (QED) is 0.670. The van der Waals surface area contributed by atoms with Crippen LogP contribution in [0.5, 0.6) is 0 Å². The first-order valence-corrected chi connectivity index (χ1v) is 8.10. The van der Waals surface area contributed by atoms with Gasteiger partial charge in [-0.2, -0.15) is 0 Å². The van der Waals surface area contributed by atoms with E-state index in [1.807, 2.05) is 0 Å². The highest BCUT2D eigenvalue weighted by atomic mass is 35.5. The molecule has 1 unspecified atom stereocenters. The Bertz CT molecular complexity index is 872. The summed E-state index contributed by atoms with van der Waals surface area (Å²) in [7, 11) is 0. The second-order valence-corrected chi connectivity index (χ2v) is 6.64. The maximum Gasteiger partial charge on any atom is 0.325 e. The van der Waals surface area contributed by atoms with E-state index in [0.29, 0.717) is 27.7 Å². The third kappa shape index (κ3) is 2.93. The molecule has 1 N–H and O–H groups in total. The SMILES string of the molecule is Cc1cc(C2(C)NC(=O)N(CC(=O)c3ccc(Cl)cc3)C2=O)c(C)o1. The molecular weight excluding hydrogens is 344 g/mol. The summed E-state index contributed by atoms with van der Waals surface area (Å²) in [6, 6.07) is 7.41. The van der Waals surface area contributed by atoms with Gasteiger partial charge >= 0.3 is 6.03 Å². The normalized spacial score (nSPS) is 20.1. The molecule has 0 bridgehead atoms. The van der Waals surface area contributed by atoms with Crippen molar-refractivity contribution >= 4 is 29.3 Å². The highest BCUT2D eigenvalue weighted by Crippen LogP contribution is 2.32. The summed E-state index contributed by atoms with van der Waals surface area (Å²) >= 11 is 5.81. The van der Waals surface area contributed by atoms with E-state index in [2.05, 4.69) is 5.32 Å². The molecule has 1 fully saturated rings. The number of carbonyl (C=O) groups excluding carboxylic acids is 3. The first-order valence-electron chi connectivity index (χ1n) is 7.73. The van der Waals surface area contributed by atoms with Gasteiger partial charge in [0.1, 0.15) is 17.1 Å². The Morgan fingerprint density at radius 1 is 1.24 bits per heavy atom.